The molecule has 3 amide bonds. The molecule has 5 aromatic carbocycles. The maximum Gasteiger partial charge on any atom is 0.326 e. The Balaban J connectivity index is 0.992. The zero-order valence-electron chi connectivity index (χ0n) is 34.9. The summed E-state index contributed by atoms with van der Waals surface area (Å²) in [6.45, 7) is 6.05. The molecular formula is C50H46ClFN4O7. The number of aromatic nitrogens is 1. The van der Waals surface area contributed by atoms with E-state index in [2.05, 4.69) is 15.6 Å². The van der Waals surface area contributed by atoms with Crippen molar-refractivity contribution in [1.82, 2.24) is 20.5 Å². The zero-order valence-corrected chi connectivity index (χ0v) is 35.7. The molecule has 0 aliphatic carbocycles. The van der Waals surface area contributed by atoms with Gasteiger partial charge in [-0.2, -0.15) is 0 Å². The van der Waals surface area contributed by atoms with E-state index >= 15 is 0 Å². The summed E-state index contributed by atoms with van der Waals surface area (Å²) in [4.78, 5) is 46.9. The smallest absolute Gasteiger partial charge is 0.326 e. The number of aliphatic carboxylic acids is 1. The van der Waals surface area contributed by atoms with Crippen molar-refractivity contribution in [2.24, 2.45) is 0 Å². The summed E-state index contributed by atoms with van der Waals surface area (Å²) in [5.74, 6) is -0.726. The summed E-state index contributed by atoms with van der Waals surface area (Å²) in [5.41, 5.74) is 8.25. The minimum atomic E-state index is -1.26. The van der Waals surface area contributed by atoms with Gasteiger partial charge in [-0.1, -0.05) is 84.4 Å². The van der Waals surface area contributed by atoms with Crippen LogP contribution in [0.1, 0.15) is 63.7 Å². The third-order valence-corrected chi connectivity index (χ3v) is 12.1. The van der Waals surface area contributed by atoms with E-state index in [0.29, 0.717) is 17.2 Å². The lowest BCUT2D eigenvalue weighted by Gasteiger charge is -2.38. The number of fused-ring (bicyclic) bond motifs is 2. The molecule has 0 bridgehead atoms. The number of aryl methyl sites for hydroxylation is 1. The Morgan fingerprint density at radius 1 is 0.921 bits per heavy atom. The van der Waals surface area contributed by atoms with E-state index in [-0.39, 0.29) is 49.2 Å². The van der Waals surface area contributed by atoms with E-state index in [4.69, 9.17) is 25.8 Å². The molecule has 0 fully saturated rings. The van der Waals surface area contributed by atoms with Crippen LogP contribution < -0.4 is 24.8 Å². The van der Waals surface area contributed by atoms with E-state index in [1.807, 2.05) is 106 Å². The van der Waals surface area contributed by atoms with Crippen molar-refractivity contribution in [2.75, 3.05) is 6.61 Å². The molecule has 4 unspecified atom stereocenters. The number of halogens is 2. The number of ether oxygens (including phenoxy) is 3. The number of rotatable bonds is 12. The maximum absolute atomic E-state index is 14.3. The van der Waals surface area contributed by atoms with Gasteiger partial charge in [-0.05, 0) is 108 Å². The first-order valence-electron chi connectivity index (χ1n) is 20.7. The number of amides is 3. The predicted octanol–water partition coefficient (Wildman–Crippen LogP) is 9.26. The zero-order chi connectivity index (χ0) is 44.2. The molecule has 8 rings (SSSR count). The SMILES string of the molecule is Cc1nccc(-c2ccc(CC(NC(=O)C3Cc4cc5c(cc4CN3C(=O)NC(C)c3ccccc3)OC(c3ccc(OCc4c(F)cccc4Cl)cc3)CO5)C(=O)O)cc2)c1C. The molecule has 0 saturated heterocycles. The van der Waals surface area contributed by atoms with Gasteiger partial charge in [0.15, 0.2) is 17.6 Å². The molecule has 2 aliphatic heterocycles. The second-order valence-corrected chi connectivity index (χ2v) is 16.2. The number of carboxylic acid groups (broad SMARTS) is 1. The minimum absolute atomic E-state index is 0.0305. The molecule has 11 nitrogen and oxygen atoms in total. The number of nitrogens with one attached hydrogen (secondary N) is 2. The summed E-state index contributed by atoms with van der Waals surface area (Å²) in [6, 6.07) is 31.3. The number of hydrogen-bond donors (Lipinski definition) is 3. The van der Waals surface area contributed by atoms with E-state index < -0.39 is 41.9 Å². The highest BCUT2D eigenvalue weighted by Gasteiger charge is 2.38. The van der Waals surface area contributed by atoms with Gasteiger partial charge in [-0.3, -0.25) is 9.78 Å². The third kappa shape index (κ3) is 9.61. The van der Waals surface area contributed by atoms with E-state index in [1.54, 1.807) is 30.5 Å². The minimum Gasteiger partial charge on any atom is -0.489 e. The average Bonchev–Trinajstić information content (AvgIpc) is 3.29. The Kier molecular flexibility index (Phi) is 12.6. The fraction of sp³-hybridized carbons (Fsp3) is 0.240. The van der Waals surface area contributed by atoms with Gasteiger partial charge in [-0.15, -0.1) is 0 Å². The summed E-state index contributed by atoms with van der Waals surface area (Å²) in [6.07, 6.45) is 1.44. The molecule has 13 heteroatoms. The molecule has 322 valence electrons. The van der Waals surface area contributed by atoms with Gasteiger partial charge >= 0.3 is 12.0 Å². The third-order valence-electron chi connectivity index (χ3n) is 11.7. The Labute approximate surface area is 369 Å². The number of urea groups is 1. The molecule has 6 aromatic rings. The molecule has 1 aromatic heterocycles. The van der Waals surface area contributed by atoms with Crippen LogP contribution in [0.2, 0.25) is 5.02 Å². The standard InChI is InChI=1S/C50H46ClFN4O7/c1-29-30(2)53-21-20-39(29)34-14-12-32(13-15-34)22-43(49(58)59)55-48(57)44-23-36-24-45-46(25-37(36)26-56(44)50(60)54-31(3)33-8-5-4-6-9-33)63-47(28-62-45)35-16-18-38(19-17-35)61-27-40-41(51)10-7-11-42(40)52/h4-21,24-25,31,43-44,47H,22-23,26-28H2,1-3H3,(H,54,60)(H,55,57)(H,58,59). The second-order valence-electron chi connectivity index (χ2n) is 15.8. The Bertz CT molecular complexity index is 2630. The first-order chi connectivity index (χ1) is 30.4. The summed E-state index contributed by atoms with van der Waals surface area (Å²) >= 11 is 6.16. The summed E-state index contributed by atoms with van der Waals surface area (Å²) in [5, 5.41) is 16.4. The number of pyridine rings is 1. The van der Waals surface area contributed by atoms with E-state index in [0.717, 1.165) is 50.2 Å². The Morgan fingerprint density at radius 2 is 1.67 bits per heavy atom. The van der Waals surface area contributed by atoms with Gasteiger partial charge in [0, 0.05) is 36.8 Å². The first kappa shape index (κ1) is 42.8. The van der Waals surface area contributed by atoms with Gasteiger partial charge in [-0.25, -0.2) is 14.0 Å². The van der Waals surface area contributed by atoms with Crippen molar-refractivity contribution >= 4 is 29.5 Å². The van der Waals surface area contributed by atoms with Crippen molar-refractivity contribution in [3.05, 3.63) is 177 Å². The highest BCUT2D eigenvalue weighted by Crippen LogP contribution is 2.41. The maximum atomic E-state index is 14.3. The molecule has 0 saturated carbocycles. The van der Waals surface area contributed by atoms with E-state index in [9.17, 15) is 23.9 Å². The lowest BCUT2D eigenvalue weighted by molar-refractivity contribution is -0.142. The van der Waals surface area contributed by atoms with Crippen LogP contribution in [-0.2, 0) is 35.6 Å². The van der Waals surface area contributed by atoms with Crippen LogP contribution >= 0.6 is 11.6 Å². The quantitative estimate of drug-likeness (QED) is 0.111. The number of carbonyl (C=O) groups excluding carboxylic acids is 2. The van der Waals surface area contributed by atoms with Crippen molar-refractivity contribution in [3.8, 4) is 28.4 Å². The molecule has 3 heterocycles. The summed E-state index contributed by atoms with van der Waals surface area (Å²) in [7, 11) is 0. The second kappa shape index (κ2) is 18.6. The highest BCUT2D eigenvalue weighted by molar-refractivity contribution is 6.31. The van der Waals surface area contributed by atoms with Crippen LogP contribution in [0, 0.1) is 19.7 Å². The fourth-order valence-electron chi connectivity index (χ4n) is 7.94. The monoisotopic (exact) mass is 868 g/mol. The molecule has 0 spiro atoms. The summed E-state index contributed by atoms with van der Waals surface area (Å²) < 4.78 is 32.7. The largest absolute Gasteiger partial charge is 0.489 e. The van der Waals surface area contributed by atoms with E-state index in [1.165, 1.54) is 11.0 Å². The Morgan fingerprint density at radius 3 is 2.40 bits per heavy atom. The van der Waals surface area contributed by atoms with Crippen LogP contribution in [0.25, 0.3) is 11.1 Å². The molecule has 4 atom stereocenters. The number of hydrogen-bond acceptors (Lipinski definition) is 7. The fourth-order valence-corrected chi connectivity index (χ4v) is 8.16. The lowest BCUT2D eigenvalue weighted by atomic mass is 9.92. The van der Waals surface area contributed by atoms with Crippen molar-refractivity contribution < 1.29 is 38.1 Å². The van der Waals surface area contributed by atoms with Crippen LogP contribution in [-0.4, -0.2) is 51.6 Å². The van der Waals surface area contributed by atoms with Crippen LogP contribution in [0.3, 0.4) is 0 Å². The van der Waals surface area contributed by atoms with Crippen molar-refractivity contribution in [3.63, 3.8) is 0 Å². The average molecular weight is 869 g/mol. The Hall–Kier alpha value is -6.92. The number of carbonyl (C=O) groups is 3. The topological polar surface area (TPSA) is 139 Å². The van der Waals surface area contributed by atoms with Crippen LogP contribution in [0.15, 0.2) is 121 Å². The number of benzene rings is 5. The number of nitrogens with zero attached hydrogens (tertiary/aromatic N) is 2. The van der Waals surface area contributed by atoms with Gasteiger partial charge in [0.1, 0.15) is 36.9 Å². The van der Waals surface area contributed by atoms with Crippen LogP contribution in [0.4, 0.5) is 9.18 Å². The molecule has 63 heavy (non-hydrogen) atoms. The highest BCUT2D eigenvalue weighted by atomic mass is 35.5. The van der Waals surface area contributed by atoms with Gasteiger partial charge in [0.05, 0.1) is 11.1 Å². The normalized spacial score (nSPS) is 16.3. The van der Waals surface area contributed by atoms with Gasteiger partial charge in [0.25, 0.3) is 0 Å². The first-order valence-corrected chi connectivity index (χ1v) is 21.1. The molecular weight excluding hydrogens is 823 g/mol. The lowest BCUT2D eigenvalue weighted by Crippen LogP contribution is -2.57. The van der Waals surface area contributed by atoms with Crippen molar-refractivity contribution in [1.29, 1.82) is 0 Å². The number of carboxylic acids is 1. The molecule has 3 N–H and O–H groups in total. The van der Waals surface area contributed by atoms with Crippen LogP contribution in [0.5, 0.6) is 17.2 Å². The van der Waals surface area contributed by atoms with Crippen molar-refractivity contribution in [2.45, 2.75) is 71.0 Å². The van der Waals surface area contributed by atoms with Gasteiger partial charge < -0.3 is 34.9 Å². The molecule has 2 aliphatic rings. The van der Waals surface area contributed by atoms with Gasteiger partial charge in [0.2, 0.25) is 5.91 Å². The molecule has 0 radical (unpaired) electrons. The predicted molar refractivity (Wildman–Crippen MR) is 236 cm³/mol.